The van der Waals surface area contributed by atoms with Crippen LogP contribution in [0.1, 0.15) is 26.7 Å². The number of carboxylic acid groups (broad SMARTS) is 2. The molecule has 18 N–H and O–H groups in total. The van der Waals surface area contributed by atoms with Crippen LogP contribution in [0.15, 0.2) is 0 Å². The van der Waals surface area contributed by atoms with Gasteiger partial charge >= 0.3 is 11.9 Å². The summed E-state index contributed by atoms with van der Waals surface area (Å²) in [4.78, 5) is 49.4. The fourth-order valence-electron chi connectivity index (χ4n) is 7.54. The van der Waals surface area contributed by atoms with Crippen molar-refractivity contribution in [1.29, 1.82) is 0 Å². The van der Waals surface area contributed by atoms with Crippen molar-refractivity contribution in [3.05, 3.63) is 0 Å². The SMILES string of the molecule is CC(=O)N[C@H]1[C@H]([C@H](O)[C@H](O)CO)O[C@@](OC[C@@H](O)[C@@H](O)[C@@H]2O[C@@](OC[C@H]3O[C@@H](O[C@H]4[C@H](O)[C@@H](O)[C@H](O)O[C@@H]4CO)[C@H](O)[C@@H](O)[C@H]3O)(C(=O)O)C[C@H](O)[C@H]2NC(C)=O)(C(=O)O)C[C@@H]1O. The van der Waals surface area contributed by atoms with Gasteiger partial charge in [0.1, 0.15) is 85.5 Å². The van der Waals surface area contributed by atoms with Gasteiger partial charge < -0.3 is 125 Å². The Hall–Kier alpha value is -2.96. The molecule has 0 spiro atoms. The third kappa shape index (κ3) is 11.5. The molecule has 364 valence electrons. The van der Waals surface area contributed by atoms with E-state index in [0.29, 0.717) is 0 Å². The Kier molecular flexibility index (Phi) is 18.0. The van der Waals surface area contributed by atoms with E-state index in [1.165, 1.54) is 0 Å². The smallest absolute Gasteiger partial charge is 0.364 e. The van der Waals surface area contributed by atoms with Crippen LogP contribution in [0, 0.1) is 0 Å². The monoisotopic (exact) mass is 924 g/mol. The molecule has 0 aromatic heterocycles. The number of nitrogens with one attached hydrogen (secondary N) is 2. The molecular formula is C34H56N2O27. The van der Waals surface area contributed by atoms with Crippen molar-refractivity contribution in [3.63, 3.8) is 0 Å². The van der Waals surface area contributed by atoms with Crippen LogP contribution in [0.4, 0.5) is 0 Å². The largest absolute Gasteiger partial charge is 0.477 e. The lowest BCUT2D eigenvalue weighted by atomic mass is 9.88. The summed E-state index contributed by atoms with van der Waals surface area (Å²) in [5, 5.41) is 172. The summed E-state index contributed by atoms with van der Waals surface area (Å²) in [6.07, 6.45) is -38.9. The lowest BCUT2D eigenvalue weighted by Gasteiger charge is -2.48. The first-order chi connectivity index (χ1) is 29.3. The standard InChI is InChI=1S/C34H56N2O27/c1-9(39)35-17-11(41)3-33(31(53)54,62-27(17)19(45)13(43)5-37)57-7-14(44)20(46)28-18(36-10(2)40)12(42)4-34(63-28,32(55)56)58-8-16-21(47)22(48)25(51)30(60-16)61-26-15(6-38)59-29(52)24(50)23(26)49/h11-30,37-38,41-52H,3-8H2,1-2H3,(H,35,39)(H,36,40)(H,53,54)(H,55,56)/t11-,12-,13+,14+,15+,16+,17+,18+,19+,20+,21-,22-,23+,24+,25+,26+,27+,28+,29+,30-,33+,34+/m0/s1. The normalized spacial score (nSPS) is 42.9. The number of rotatable bonds is 18. The van der Waals surface area contributed by atoms with E-state index in [2.05, 4.69) is 10.6 Å². The van der Waals surface area contributed by atoms with E-state index in [-0.39, 0.29) is 0 Å². The highest BCUT2D eigenvalue weighted by Gasteiger charge is 2.59. The van der Waals surface area contributed by atoms with Gasteiger partial charge in [0, 0.05) is 26.7 Å². The fourth-order valence-corrected chi connectivity index (χ4v) is 7.54. The lowest BCUT2D eigenvalue weighted by molar-refractivity contribution is -0.364. The maximum atomic E-state index is 12.8. The molecule has 2 amide bonds. The molecule has 63 heavy (non-hydrogen) atoms. The van der Waals surface area contributed by atoms with Gasteiger partial charge in [0.15, 0.2) is 12.6 Å². The number of carbonyl (C=O) groups is 4. The van der Waals surface area contributed by atoms with Gasteiger partial charge in [0.2, 0.25) is 11.8 Å². The van der Waals surface area contributed by atoms with Crippen molar-refractivity contribution in [3.8, 4) is 0 Å². The summed E-state index contributed by atoms with van der Waals surface area (Å²) >= 11 is 0. The Balaban J connectivity index is 1.56. The van der Waals surface area contributed by atoms with Crippen LogP contribution in [0.3, 0.4) is 0 Å². The average Bonchev–Trinajstić information content (AvgIpc) is 3.22. The first-order valence-corrected chi connectivity index (χ1v) is 19.3. The van der Waals surface area contributed by atoms with E-state index in [1.54, 1.807) is 0 Å². The second kappa shape index (κ2) is 21.6. The van der Waals surface area contributed by atoms with Gasteiger partial charge in [0.05, 0.1) is 50.7 Å². The first-order valence-electron chi connectivity index (χ1n) is 19.3. The molecule has 29 heteroatoms. The summed E-state index contributed by atoms with van der Waals surface area (Å²) in [6.45, 7) is -2.50. The molecule has 0 unspecified atom stereocenters. The van der Waals surface area contributed by atoms with Crippen molar-refractivity contribution < 1.29 is 134 Å². The molecule has 0 aliphatic carbocycles. The average molecular weight is 925 g/mol. The van der Waals surface area contributed by atoms with Crippen molar-refractivity contribution in [2.75, 3.05) is 26.4 Å². The number of carbonyl (C=O) groups excluding carboxylic acids is 2. The third-order valence-electron chi connectivity index (χ3n) is 11.0. The lowest BCUT2D eigenvalue weighted by Crippen LogP contribution is -2.69. The van der Waals surface area contributed by atoms with Crippen LogP contribution < -0.4 is 10.6 Å². The Morgan fingerprint density at radius 3 is 1.60 bits per heavy atom. The number of ether oxygens (including phenoxy) is 7. The van der Waals surface area contributed by atoms with Crippen molar-refractivity contribution in [2.45, 2.75) is 161 Å². The van der Waals surface area contributed by atoms with Gasteiger partial charge in [-0.05, 0) is 0 Å². The highest BCUT2D eigenvalue weighted by Crippen LogP contribution is 2.37. The zero-order valence-electron chi connectivity index (χ0n) is 33.4. The summed E-state index contributed by atoms with van der Waals surface area (Å²) in [6, 6.07) is -3.37. The van der Waals surface area contributed by atoms with Gasteiger partial charge in [-0.15, -0.1) is 0 Å². The molecule has 0 aromatic carbocycles. The van der Waals surface area contributed by atoms with Crippen LogP contribution in [0.2, 0.25) is 0 Å². The van der Waals surface area contributed by atoms with E-state index < -0.39 is 197 Å². The van der Waals surface area contributed by atoms with E-state index in [4.69, 9.17) is 33.2 Å². The van der Waals surface area contributed by atoms with Gasteiger partial charge in [0.25, 0.3) is 11.6 Å². The predicted molar refractivity (Wildman–Crippen MR) is 191 cm³/mol. The molecule has 29 nitrogen and oxygen atoms in total. The van der Waals surface area contributed by atoms with E-state index in [0.717, 1.165) is 13.8 Å². The van der Waals surface area contributed by atoms with Crippen molar-refractivity contribution in [1.82, 2.24) is 10.6 Å². The fraction of sp³-hybridized carbons (Fsp3) is 0.882. The minimum atomic E-state index is -3.09. The molecule has 4 aliphatic heterocycles. The molecule has 4 fully saturated rings. The quantitative estimate of drug-likeness (QED) is 0.0607. The first kappa shape index (κ1) is 52.7. The van der Waals surface area contributed by atoms with Crippen LogP contribution in [-0.2, 0) is 52.3 Å². The second-order valence-corrected chi connectivity index (χ2v) is 15.5. The molecule has 4 heterocycles. The summed E-state index contributed by atoms with van der Waals surface area (Å²) in [5.41, 5.74) is 0. The molecule has 0 bridgehead atoms. The topological polar surface area (TPSA) is 481 Å². The van der Waals surface area contributed by atoms with Crippen LogP contribution in [0.5, 0.6) is 0 Å². The predicted octanol–water partition coefficient (Wildman–Crippen LogP) is -11.0. The second-order valence-electron chi connectivity index (χ2n) is 15.5. The number of aliphatic hydroxyl groups is 14. The van der Waals surface area contributed by atoms with Crippen LogP contribution in [-0.4, -0.2) is 266 Å². The number of hydrogen-bond acceptors (Lipinski definition) is 25. The van der Waals surface area contributed by atoms with Gasteiger partial charge in [-0.25, -0.2) is 9.59 Å². The molecule has 0 radical (unpaired) electrons. The van der Waals surface area contributed by atoms with E-state index >= 15 is 0 Å². The van der Waals surface area contributed by atoms with Gasteiger partial charge in [-0.3, -0.25) is 9.59 Å². The molecule has 0 saturated carbocycles. The Morgan fingerprint density at radius 2 is 1.14 bits per heavy atom. The van der Waals surface area contributed by atoms with Crippen LogP contribution >= 0.6 is 0 Å². The number of aliphatic hydroxyl groups excluding tert-OH is 14. The number of amides is 2. The minimum absolute atomic E-state index is 0.797. The highest BCUT2D eigenvalue weighted by molar-refractivity contribution is 5.77. The zero-order chi connectivity index (χ0) is 47.5. The molecule has 22 atom stereocenters. The zero-order valence-corrected chi connectivity index (χ0v) is 33.4. The van der Waals surface area contributed by atoms with E-state index in [1.807, 2.05) is 0 Å². The Morgan fingerprint density at radius 1 is 0.651 bits per heavy atom. The number of aliphatic carboxylic acids is 2. The Labute approximate surface area is 355 Å². The molecular weight excluding hydrogens is 868 g/mol. The molecule has 4 aliphatic rings. The summed E-state index contributed by atoms with van der Waals surface area (Å²) < 4.78 is 37.9. The number of carboxylic acids is 2. The van der Waals surface area contributed by atoms with E-state index in [9.17, 15) is 101 Å². The molecule has 4 saturated heterocycles. The Bertz CT molecular complexity index is 1560. The van der Waals surface area contributed by atoms with Crippen molar-refractivity contribution in [2.24, 2.45) is 0 Å². The maximum Gasteiger partial charge on any atom is 0.364 e. The van der Waals surface area contributed by atoms with Crippen molar-refractivity contribution >= 4 is 23.8 Å². The molecule has 0 aromatic rings. The maximum absolute atomic E-state index is 12.8. The molecule has 4 rings (SSSR count). The van der Waals surface area contributed by atoms with Crippen LogP contribution in [0.25, 0.3) is 0 Å². The minimum Gasteiger partial charge on any atom is -0.477 e. The third-order valence-corrected chi connectivity index (χ3v) is 11.0. The summed E-state index contributed by atoms with van der Waals surface area (Å²) in [5.74, 6) is -11.9. The van der Waals surface area contributed by atoms with Gasteiger partial charge in [-0.2, -0.15) is 0 Å². The highest BCUT2D eigenvalue weighted by atomic mass is 16.8. The van der Waals surface area contributed by atoms with Gasteiger partial charge in [-0.1, -0.05) is 0 Å². The summed E-state index contributed by atoms with van der Waals surface area (Å²) in [7, 11) is 0. The number of hydrogen-bond donors (Lipinski definition) is 18.